The number of hydrogen-bond acceptors (Lipinski definition) is 4. The summed E-state index contributed by atoms with van der Waals surface area (Å²) in [6.07, 6.45) is 0.832. The van der Waals surface area contributed by atoms with Crippen LogP contribution in [0.3, 0.4) is 0 Å². The van der Waals surface area contributed by atoms with Crippen LogP contribution in [-0.4, -0.2) is 30.3 Å². The molecule has 0 heterocycles. The van der Waals surface area contributed by atoms with E-state index in [1.54, 1.807) is 37.3 Å². The normalized spacial score (nSPS) is 13.2. The van der Waals surface area contributed by atoms with Gasteiger partial charge in [-0.15, -0.1) is 0 Å². The molecular weight excluding hydrogens is 333 g/mol. The predicted octanol–water partition coefficient (Wildman–Crippen LogP) is 3.65. The second-order valence-corrected chi connectivity index (χ2v) is 6.30. The topological polar surface area (TPSA) is 58.6 Å². The largest absolute Gasteiger partial charge is 0.462 e. The molecule has 2 aromatic rings. The number of carbonyl (C=O) groups is 1. The first kappa shape index (κ1) is 20.1. The van der Waals surface area contributed by atoms with Gasteiger partial charge in [0.1, 0.15) is 5.82 Å². The minimum atomic E-state index is -0.873. The first-order valence-electron chi connectivity index (χ1n) is 8.93. The van der Waals surface area contributed by atoms with E-state index in [9.17, 15) is 14.3 Å². The number of nitrogens with one attached hydrogen (secondary N) is 1. The third-order valence-electron chi connectivity index (χ3n) is 4.25. The quantitative estimate of drug-likeness (QED) is 0.671. The lowest BCUT2D eigenvalue weighted by molar-refractivity contribution is 0.0526. The fraction of sp³-hybridized carbons (Fsp3) is 0.381. The van der Waals surface area contributed by atoms with Crippen molar-refractivity contribution in [3.05, 3.63) is 71.0 Å². The van der Waals surface area contributed by atoms with E-state index in [4.69, 9.17) is 4.74 Å². The molecule has 0 aliphatic heterocycles. The Bertz CT molecular complexity index is 703. The molecule has 4 nitrogen and oxygen atoms in total. The van der Waals surface area contributed by atoms with Crippen molar-refractivity contribution in [2.75, 3.05) is 13.2 Å². The van der Waals surface area contributed by atoms with Gasteiger partial charge in [-0.25, -0.2) is 9.18 Å². The van der Waals surface area contributed by atoms with Crippen molar-refractivity contribution in [2.24, 2.45) is 0 Å². The average Bonchev–Trinajstić information content (AvgIpc) is 2.65. The highest BCUT2D eigenvalue weighted by Crippen LogP contribution is 2.16. The van der Waals surface area contributed by atoms with Crippen molar-refractivity contribution in [1.82, 2.24) is 5.32 Å². The summed E-state index contributed by atoms with van der Waals surface area (Å²) in [5.74, 6) is -0.702. The molecule has 0 fully saturated rings. The van der Waals surface area contributed by atoms with Crippen LogP contribution in [0, 0.1) is 5.82 Å². The average molecular weight is 359 g/mol. The minimum absolute atomic E-state index is 0.168. The third kappa shape index (κ3) is 5.93. The first-order chi connectivity index (χ1) is 12.5. The minimum Gasteiger partial charge on any atom is -0.462 e. The summed E-state index contributed by atoms with van der Waals surface area (Å²) in [6.45, 7) is 4.47. The summed E-state index contributed by atoms with van der Waals surface area (Å²) in [6, 6.07) is 13.8. The fourth-order valence-electron chi connectivity index (χ4n) is 2.68. The van der Waals surface area contributed by atoms with Gasteiger partial charge in [-0.2, -0.15) is 0 Å². The van der Waals surface area contributed by atoms with Crippen molar-refractivity contribution in [3.63, 3.8) is 0 Å². The van der Waals surface area contributed by atoms with E-state index in [0.717, 1.165) is 18.4 Å². The number of hydrogen-bond donors (Lipinski definition) is 2. The predicted molar refractivity (Wildman–Crippen MR) is 99.5 cm³/mol. The summed E-state index contributed by atoms with van der Waals surface area (Å²) >= 11 is 0. The number of carbonyl (C=O) groups excluding carboxylic acids is 1. The van der Waals surface area contributed by atoms with Crippen molar-refractivity contribution in [1.29, 1.82) is 0 Å². The van der Waals surface area contributed by atoms with Gasteiger partial charge in [0.15, 0.2) is 0 Å². The Kier molecular flexibility index (Phi) is 7.75. The van der Waals surface area contributed by atoms with E-state index in [-0.39, 0.29) is 12.0 Å². The number of aliphatic hydroxyl groups is 1. The monoisotopic (exact) mass is 359 g/mol. The Morgan fingerprint density at radius 3 is 2.54 bits per heavy atom. The number of rotatable bonds is 9. The lowest BCUT2D eigenvalue weighted by atomic mass is 10.0. The van der Waals surface area contributed by atoms with Crippen LogP contribution in [-0.2, 0) is 11.2 Å². The van der Waals surface area contributed by atoms with Gasteiger partial charge in [0.05, 0.1) is 18.3 Å². The van der Waals surface area contributed by atoms with Crippen LogP contribution >= 0.6 is 0 Å². The SMILES string of the molecule is CCOC(=O)c1ccc(CCC(C)NCC(O)c2ccccc2F)cc1. The molecule has 0 aromatic heterocycles. The smallest absolute Gasteiger partial charge is 0.338 e. The summed E-state index contributed by atoms with van der Waals surface area (Å²) in [4.78, 5) is 11.6. The molecule has 140 valence electrons. The van der Waals surface area contributed by atoms with E-state index in [2.05, 4.69) is 5.32 Å². The highest BCUT2D eigenvalue weighted by atomic mass is 19.1. The highest BCUT2D eigenvalue weighted by Gasteiger charge is 2.13. The van der Waals surface area contributed by atoms with E-state index in [1.165, 1.54) is 6.07 Å². The van der Waals surface area contributed by atoms with Gasteiger partial charge in [-0.3, -0.25) is 0 Å². The maximum atomic E-state index is 13.7. The van der Waals surface area contributed by atoms with Crippen LogP contribution in [0.2, 0.25) is 0 Å². The second-order valence-electron chi connectivity index (χ2n) is 6.30. The highest BCUT2D eigenvalue weighted by molar-refractivity contribution is 5.89. The molecule has 2 rings (SSSR count). The molecule has 26 heavy (non-hydrogen) atoms. The zero-order valence-electron chi connectivity index (χ0n) is 15.2. The molecule has 2 aromatic carbocycles. The Balaban J connectivity index is 1.77. The molecule has 0 saturated carbocycles. The number of esters is 1. The summed E-state index contributed by atoms with van der Waals surface area (Å²) in [7, 11) is 0. The zero-order valence-corrected chi connectivity index (χ0v) is 15.2. The zero-order chi connectivity index (χ0) is 18.9. The first-order valence-corrected chi connectivity index (χ1v) is 8.93. The van der Waals surface area contributed by atoms with Gasteiger partial charge in [0.2, 0.25) is 0 Å². The van der Waals surface area contributed by atoms with Crippen LogP contribution in [0.5, 0.6) is 0 Å². The van der Waals surface area contributed by atoms with Crippen molar-refractivity contribution < 1.29 is 19.0 Å². The number of aliphatic hydroxyl groups excluding tert-OH is 1. The summed E-state index contributed by atoms with van der Waals surface area (Å²) < 4.78 is 18.6. The van der Waals surface area contributed by atoms with Gasteiger partial charge in [-0.1, -0.05) is 30.3 Å². The third-order valence-corrected chi connectivity index (χ3v) is 4.25. The van der Waals surface area contributed by atoms with Gasteiger partial charge in [0.25, 0.3) is 0 Å². The van der Waals surface area contributed by atoms with E-state index < -0.39 is 11.9 Å². The molecule has 0 spiro atoms. The van der Waals surface area contributed by atoms with Crippen molar-refractivity contribution in [2.45, 2.75) is 38.8 Å². The maximum Gasteiger partial charge on any atom is 0.338 e. The number of benzene rings is 2. The van der Waals surface area contributed by atoms with E-state index in [1.807, 2.05) is 19.1 Å². The van der Waals surface area contributed by atoms with E-state index in [0.29, 0.717) is 24.3 Å². The standard InChI is InChI=1S/C21H26FNO3/c1-3-26-21(25)17-12-10-16(11-13-17)9-8-15(2)23-14-20(24)18-6-4-5-7-19(18)22/h4-7,10-13,15,20,23-24H,3,8-9,14H2,1-2H3. The summed E-state index contributed by atoms with van der Waals surface area (Å²) in [5.41, 5.74) is 1.98. The molecule has 0 aliphatic carbocycles. The number of ether oxygens (including phenoxy) is 1. The second kappa shape index (κ2) is 10.0. The molecule has 2 atom stereocenters. The molecular formula is C21H26FNO3. The van der Waals surface area contributed by atoms with Gasteiger partial charge >= 0.3 is 5.97 Å². The molecule has 0 bridgehead atoms. The fourth-order valence-corrected chi connectivity index (χ4v) is 2.68. The van der Waals surface area contributed by atoms with Gasteiger partial charge in [0, 0.05) is 18.2 Å². The van der Waals surface area contributed by atoms with Crippen LogP contribution in [0.25, 0.3) is 0 Å². The van der Waals surface area contributed by atoms with E-state index >= 15 is 0 Å². The molecule has 0 aliphatic rings. The summed E-state index contributed by atoms with van der Waals surface area (Å²) in [5, 5.41) is 13.3. The lowest BCUT2D eigenvalue weighted by Gasteiger charge is -2.18. The molecule has 2 N–H and O–H groups in total. The van der Waals surface area contributed by atoms with Gasteiger partial charge in [-0.05, 0) is 50.5 Å². The van der Waals surface area contributed by atoms with Crippen molar-refractivity contribution in [3.8, 4) is 0 Å². The molecule has 0 radical (unpaired) electrons. The Hall–Kier alpha value is -2.24. The molecule has 5 heteroatoms. The molecule has 0 amide bonds. The van der Waals surface area contributed by atoms with Gasteiger partial charge < -0.3 is 15.2 Å². The maximum absolute atomic E-state index is 13.7. The van der Waals surface area contributed by atoms with Crippen LogP contribution in [0.1, 0.15) is 47.9 Å². The van der Waals surface area contributed by atoms with Crippen LogP contribution in [0.15, 0.2) is 48.5 Å². The molecule has 0 saturated heterocycles. The lowest BCUT2D eigenvalue weighted by Crippen LogP contribution is -2.31. The number of aryl methyl sites for hydroxylation is 1. The van der Waals surface area contributed by atoms with Crippen LogP contribution < -0.4 is 5.32 Å². The Morgan fingerprint density at radius 2 is 1.88 bits per heavy atom. The van der Waals surface area contributed by atoms with Crippen molar-refractivity contribution >= 4 is 5.97 Å². The van der Waals surface area contributed by atoms with Crippen LogP contribution in [0.4, 0.5) is 4.39 Å². The Labute approximate surface area is 154 Å². The molecule has 2 unspecified atom stereocenters. The number of halogens is 1. The Morgan fingerprint density at radius 1 is 1.19 bits per heavy atom.